The minimum absolute atomic E-state index is 0.225. The number of esters is 1. The Balaban J connectivity index is 1.65. The summed E-state index contributed by atoms with van der Waals surface area (Å²) in [5.41, 5.74) is 4.04. The number of nitrogens with zero attached hydrogens (tertiary/aromatic N) is 1. The molecule has 3 aromatic carbocycles. The lowest BCUT2D eigenvalue weighted by atomic mass is 10.1. The first-order chi connectivity index (χ1) is 14.6. The van der Waals surface area contributed by atoms with Crippen molar-refractivity contribution in [2.24, 2.45) is 0 Å². The third kappa shape index (κ3) is 4.62. The van der Waals surface area contributed by atoms with E-state index >= 15 is 0 Å². The summed E-state index contributed by atoms with van der Waals surface area (Å²) >= 11 is 2.19. The highest BCUT2D eigenvalue weighted by molar-refractivity contribution is 14.1. The maximum Gasteiger partial charge on any atom is 0.339 e. The van der Waals surface area contributed by atoms with Gasteiger partial charge < -0.3 is 9.47 Å². The van der Waals surface area contributed by atoms with Crippen LogP contribution in [0.25, 0.3) is 10.9 Å². The normalized spacial score (nSPS) is 10.7. The van der Waals surface area contributed by atoms with Crippen molar-refractivity contribution >= 4 is 39.5 Å². The molecule has 30 heavy (non-hydrogen) atoms. The number of pyridine rings is 1. The van der Waals surface area contributed by atoms with Gasteiger partial charge in [-0.05, 0) is 58.8 Å². The molecule has 0 aliphatic heterocycles. The molecule has 0 saturated heterocycles. The Kier molecular flexibility index (Phi) is 6.28. The third-order valence-electron chi connectivity index (χ3n) is 4.69. The van der Waals surface area contributed by atoms with Gasteiger partial charge in [0.05, 0.1) is 9.13 Å². The van der Waals surface area contributed by atoms with Crippen LogP contribution in [-0.4, -0.2) is 11.0 Å². The zero-order chi connectivity index (χ0) is 20.9. The summed E-state index contributed by atoms with van der Waals surface area (Å²) in [6, 6.07) is 25.2. The number of ether oxygens (including phenoxy) is 2. The number of fused-ring (bicyclic) bond motifs is 1. The molecule has 0 radical (unpaired) electrons. The van der Waals surface area contributed by atoms with Gasteiger partial charge in [0.25, 0.3) is 0 Å². The fraction of sp³-hybridized carbons (Fsp3) is 0.120. The lowest BCUT2D eigenvalue weighted by Gasteiger charge is -2.14. The van der Waals surface area contributed by atoms with Crippen LogP contribution >= 0.6 is 22.6 Å². The van der Waals surface area contributed by atoms with E-state index in [4.69, 9.17) is 9.47 Å². The maximum absolute atomic E-state index is 12.9. The van der Waals surface area contributed by atoms with Gasteiger partial charge in [-0.2, -0.15) is 0 Å². The van der Waals surface area contributed by atoms with Crippen molar-refractivity contribution in [3.05, 3.63) is 105 Å². The highest BCUT2D eigenvalue weighted by Crippen LogP contribution is 2.34. The Labute approximate surface area is 189 Å². The van der Waals surface area contributed by atoms with Crippen LogP contribution in [0.4, 0.5) is 0 Å². The fourth-order valence-corrected chi connectivity index (χ4v) is 3.89. The number of aryl methyl sites for hydroxylation is 1. The Morgan fingerprint density at radius 3 is 2.20 bits per heavy atom. The number of aromatic nitrogens is 1. The molecule has 1 heterocycles. The second-order valence-corrected chi connectivity index (χ2v) is 8.08. The van der Waals surface area contributed by atoms with Crippen LogP contribution in [0, 0.1) is 10.5 Å². The van der Waals surface area contributed by atoms with Gasteiger partial charge >= 0.3 is 5.97 Å². The molecule has 4 rings (SSSR count). The van der Waals surface area contributed by atoms with Crippen molar-refractivity contribution in [1.82, 2.24) is 4.98 Å². The van der Waals surface area contributed by atoms with Gasteiger partial charge in [0.2, 0.25) is 0 Å². The summed E-state index contributed by atoms with van der Waals surface area (Å²) in [4.78, 5) is 17.5. The first kappa shape index (κ1) is 20.3. The molecule has 0 unspecified atom stereocenters. The third-order valence-corrected chi connectivity index (χ3v) is 5.49. The Morgan fingerprint density at radius 1 is 0.900 bits per heavy atom. The van der Waals surface area contributed by atoms with Gasteiger partial charge in [0.15, 0.2) is 5.75 Å². The first-order valence-electron chi connectivity index (χ1n) is 9.59. The molecule has 5 heteroatoms. The molecule has 0 atom stereocenters. The zero-order valence-corrected chi connectivity index (χ0v) is 18.6. The lowest BCUT2D eigenvalue weighted by Crippen LogP contribution is -2.08. The average molecular weight is 509 g/mol. The molecule has 0 amide bonds. The number of halogens is 1. The molecule has 0 N–H and O–H groups in total. The first-order valence-corrected chi connectivity index (χ1v) is 10.7. The smallest absolute Gasteiger partial charge is 0.339 e. The summed E-state index contributed by atoms with van der Waals surface area (Å²) in [5.74, 6) is 0.305. The van der Waals surface area contributed by atoms with E-state index in [9.17, 15) is 4.79 Å². The summed E-state index contributed by atoms with van der Waals surface area (Å²) in [6.45, 7) is 2.58. The average Bonchev–Trinajstić information content (AvgIpc) is 2.77. The van der Waals surface area contributed by atoms with Crippen molar-refractivity contribution in [1.29, 1.82) is 0 Å². The van der Waals surface area contributed by atoms with Gasteiger partial charge in [-0.25, -0.2) is 9.78 Å². The second-order valence-electron chi connectivity index (χ2n) is 6.92. The van der Waals surface area contributed by atoms with Crippen LogP contribution in [0.3, 0.4) is 0 Å². The fourth-order valence-electron chi connectivity index (χ4n) is 3.17. The molecule has 0 aliphatic rings. The van der Waals surface area contributed by atoms with Crippen LogP contribution in [0.5, 0.6) is 5.75 Å². The van der Waals surface area contributed by atoms with Crippen LogP contribution in [0.2, 0.25) is 0 Å². The Bertz CT molecular complexity index is 1180. The molecule has 1 aromatic heterocycles. The predicted molar refractivity (Wildman–Crippen MR) is 126 cm³/mol. The molecule has 0 bridgehead atoms. The van der Waals surface area contributed by atoms with E-state index in [0.717, 1.165) is 25.8 Å². The quantitative estimate of drug-likeness (QED) is 0.234. The van der Waals surface area contributed by atoms with Gasteiger partial charge in [0, 0.05) is 11.1 Å². The largest absolute Gasteiger partial charge is 0.485 e. The molecule has 4 aromatic rings. The molecular formula is C25H20INO3. The van der Waals surface area contributed by atoms with Crippen LogP contribution in [0.15, 0.2) is 78.9 Å². The molecule has 0 aliphatic carbocycles. The second kappa shape index (κ2) is 9.26. The van der Waals surface area contributed by atoms with Gasteiger partial charge in [0.1, 0.15) is 18.7 Å². The minimum atomic E-state index is -0.373. The van der Waals surface area contributed by atoms with Crippen LogP contribution in [0.1, 0.15) is 27.2 Å². The number of benzene rings is 3. The van der Waals surface area contributed by atoms with E-state index < -0.39 is 0 Å². The van der Waals surface area contributed by atoms with Crippen molar-refractivity contribution in [2.75, 3.05) is 0 Å². The minimum Gasteiger partial charge on any atom is -0.485 e. The Morgan fingerprint density at radius 2 is 1.53 bits per heavy atom. The summed E-state index contributed by atoms with van der Waals surface area (Å²) in [7, 11) is 0. The van der Waals surface area contributed by atoms with E-state index in [0.29, 0.717) is 23.4 Å². The summed E-state index contributed by atoms with van der Waals surface area (Å²) < 4.78 is 12.5. The number of hydrogen-bond acceptors (Lipinski definition) is 4. The predicted octanol–water partition coefficient (Wildman–Crippen LogP) is 6.08. The van der Waals surface area contributed by atoms with Crippen LogP contribution < -0.4 is 4.74 Å². The van der Waals surface area contributed by atoms with Gasteiger partial charge in [-0.3, -0.25) is 0 Å². The SMILES string of the molecule is Cc1ccc2c(C(=O)OCc3ccccc3)cc(I)c(OCc3ccccc3)c2n1. The van der Waals surface area contributed by atoms with Crippen molar-refractivity contribution in [3.8, 4) is 5.75 Å². The molecule has 4 nitrogen and oxygen atoms in total. The van der Waals surface area contributed by atoms with E-state index in [1.54, 1.807) is 0 Å². The topological polar surface area (TPSA) is 48.4 Å². The van der Waals surface area contributed by atoms with Crippen LogP contribution in [-0.2, 0) is 18.0 Å². The number of carbonyl (C=O) groups excluding carboxylic acids is 1. The Hall–Kier alpha value is -2.93. The van der Waals surface area contributed by atoms with Crippen molar-refractivity contribution in [3.63, 3.8) is 0 Å². The van der Waals surface area contributed by atoms with E-state index in [1.165, 1.54) is 0 Å². The van der Waals surface area contributed by atoms with Gasteiger partial charge in [-0.15, -0.1) is 0 Å². The number of carbonyl (C=O) groups is 1. The molecule has 0 spiro atoms. The molecule has 0 fully saturated rings. The number of hydrogen-bond donors (Lipinski definition) is 0. The van der Waals surface area contributed by atoms with Crippen molar-refractivity contribution < 1.29 is 14.3 Å². The molecule has 150 valence electrons. The van der Waals surface area contributed by atoms with E-state index in [1.807, 2.05) is 85.8 Å². The molecule has 0 saturated carbocycles. The lowest BCUT2D eigenvalue weighted by molar-refractivity contribution is 0.0475. The monoisotopic (exact) mass is 509 g/mol. The summed E-state index contributed by atoms with van der Waals surface area (Å²) in [6.07, 6.45) is 0. The number of rotatable bonds is 6. The van der Waals surface area contributed by atoms with E-state index in [2.05, 4.69) is 27.6 Å². The van der Waals surface area contributed by atoms with Crippen molar-refractivity contribution in [2.45, 2.75) is 20.1 Å². The highest BCUT2D eigenvalue weighted by atomic mass is 127. The summed E-state index contributed by atoms with van der Waals surface area (Å²) in [5, 5.41) is 0.724. The molecular weight excluding hydrogens is 489 g/mol. The van der Waals surface area contributed by atoms with E-state index in [-0.39, 0.29) is 12.6 Å². The highest BCUT2D eigenvalue weighted by Gasteiger charge is 2.19. The zero-order valence-electron chi connectivity index (χ0n) is 16.5. The van der Waals surface area contributed by atoms with Gasteiger partial charge in [-0.1, -0.05) is 60.7 Å². The maximum atomic E-state index is 12.9. The standard InChI is InChI=1S/C25H20INO3/c1-17-12-13-20-21(25(28)30-16-19-10-6-3-7-11-19)14-22(26)24(23(20)27-17)29-15-18-8-4-2-5-9-18/h2-14H,15-16H2,1H3.